The molecule has 0 aliphatic heterocycles. The number of aliphatic hydroxyl groups is 1. The summed E-state index contributed by atoms with van der Waals surface area (Å²) < 4.78 is 56.2. The Balaban J connectivity index is 3.05. The van der Waals surface area contributed by atoms with Crippen LogP contribution in [-0.4, -0.2) is 18.8 Å². The maximum atomic E-state index is 12.9. The van der Waals surface area contributed by atoms with Crippen molar-refractivity contribution in [3.05, 3.63) is 35.1 Å². The summed E-state index contributed by atoms with van der Waals surface area (Å²) in [5.41, 5.74) is -1.44. The minimum atomic E-state index is -4.70. The van der Waals surface area contributed by atoms with Gasteiger partial charge in [0.2, 0.25) is 0 Å². The molecule has 0 fully saturated rings. The smallest absolute Gasteiger partial charge is 0.388 e. The number of methoxy groups -OCH3 is 1. The molecule has 0 saturated carbocycles. The van der Waals surface area contributed by atoms with Crippen molar-refractivity contribution in [2.75, 3.05) is 13.7 Å². The maximum absolute atomic E-state index is 12.9. The fourth-order valence-electron chi connectivity index (χ4n) is 1.80. The Bertz CT molecular complexity index is 418. The molecule has 0 aliphatic rings. The number of benzene rings is 1. The predicted molar refractivity (Wildman–Crippen MR) is 62.0 cm³/mol. The third-order valence-corrected chi connectivity index (χ3v) is 2.96. The molecule has 2 atom stereocenters. The van der Waals surface area contributed by atoms with E-state index in [2.05, 4.69) is 0 Å². The molecule has 0 heterocycles. The maximum Gasteiger partial charge on any atom is 0.416 e. The third kappa shape index (κ3) is 4.18. The summed E-state index contributed by atoms with van der Waals surface area (Å²) in [7, 11) is 1.47. The van der Waals surface area contributed by atoms with Crippen LogP contribution in [0.15, 0.2) is 18.2 Å². The Morgan fingerprint density at radius 2 is 1.95 bits per heavy atom. The van der Waals surface area contributed by atoms with E-state index < -0.39 is 29.6 Å². The fourth-order valence-corrected chi connectivity index (χ4v) is 1.80. The zero-order valence-electron chi connectivity index (χ0n) is 10.7. The van der Waals surface area contributed by atoms with Gasteiger partial charge in [0.15, 0.2) is 0 Å². The summed E-state index contributed by atoms with van der Waals surface area (Å²) in [6.07, 6.45) is -5.60. The first kappa shape index (κ1) is 15.9. The molecule has 1 aromatic carbocycles. The SMILES string of the molecule is COCCC(C)C(O)c1ccc(F)cc1C(F)(F)F. The van der Waals surface area contributed by atoms with Crippen LogP contribution < -0.4 is 0 Å². The Hall–Kier alpha value is -1.14. The molecule has 0 amide bonds. The molecule has 0 radical (unpaired) electrons. The van der Waals surface area contributed by atoms with Crippen molar-refractivity contribution in [2.24, 2.45) is 5.92 Å². The van der Waals surface area contributed by atoms with Gasteiger partial charge in [0.05, 0.1) is 11.7 Å². The first-order valence-corrected chi connectivity index (χ1v) is 5.81. The number of hydrogen-bond donors (Lipinski definition) is 1. The van der Waals surface area contributed by atoms with Crippen molar-refractivity contribution >= 4 is 0 Å². The molecule has 0 aliphatic carbocycles. The second kappa shape index (κ2) is 6.34. The Kier molecular flexibility index (Phi) is 5.31. The van der Waals surface area contributed by atoms with Gasteiger partial charge in [-0.1, -0.05) is 13.0 Å². The van der Waals surface area contributed by atoms with Gasteiger partial charge >= 0.3 is 6.18 Å². The minimum absolute atomic E-state index is 0.308. The van der Waals surface area contributed by atoms with Crippen molar-refractivity contribution in [1.29, 1.82) is 0 Å². The van der Waals surface area contributed by atoms with Crippen molar-refractivity contribution in [2.45, 2.75) is 25.6 Å². The first-order chi connectivity index (χ1) is 8.77. The van der Waals surface area contributed by atoms with Gasteiger partial charge in [-0.25, -0.2) is 4.39 Å². The highest BCUT2D eigenvalue weighted by molar-refractivity contribution is 5.32. The van der Waals surface area contributed by atoms with Crippen molar-refractivity contribution < 1.29 is 27.4 Å². The normalized spacial score (nSPS) is 15.3. The zero-order valence-corrected chi connectivity index (χ0v) is 10.7. The quantitative estimate of drug-likeness (QED) is 0.836. The zero-order chi connectivity index (χ0) is 14.6. The van der Waals surface area contributed by atoms with Gasteiger partial charge in [-0.15, -0.1) is 0 Å². The van der Waals surface area contributed by atoms with Gasteiger partial charge in [-0.05, 0) is 30.0 Å². The molecule has 2 nitrogen and oxygen atoms in total. The van der Waals surface area contributed by atoms with E-state index >= 15 is 0 Å². The molecule has 0 spiro atoms. The molecule has 0 saturated heterocycles. The van der Waals surface area contributed by atoms with Crippen molar-refractivity contribution in [3.8, 4) is 0 Å². The molecule has 108 valence electrons. The fraction of sp³-hybridized carbons (Fsp3) is 0.538. The van der Waals surface area contributed by atoms with Crippen molar-refractivity contribution in [3.63, 3.8) is 0 Å². The van der Waals surface area contributed by atoms with Gasteiger partial charge in [0, 0.05) is 13.7 Å². The molecule has 0 aromatic heterocycles. The van der Waals surface area contributed by atoms with Crippen LogP contribution in [0, 0.1) is 11.7 Å². The Morgan fingerprint density at radius 3 is 2.47 bits per heavy atom. The van der Waals surface area contributed by atoms with Crippen LogP contribution >= 0.6 is 0 Å². The van der Waals surface area contributed by atoms with Crippen LogP contribution in [0.5, 0.6) is 0 Å². The second-order valence-corrected chi connectivity index (χ2v) is 4.43. The van der Waals surface area contributed by atoms with E-state index in [1.54, 1.807) is 6.92 Å². The monoisotopic (exact) mass is 280 g/mol. The number of ether oxygens (including phenoxy) is 1. The van der Waals surface area contributed by atoms with E-state index in [9.17, 15) is 22.7 Å². The highest BCUT2D eigenvalue weighted by atomic mass is 19.4. The number of aliphatic hydroxyl groups excluding tert-OH is 1. The van der Waals surface area contributed by atoms with E-state index in [0.29, 0.717) is 19.1 Å². The lowest BCUT2D eigenvalue weighted by Gasteiger charge is -2.22. The highest BCUT2D eigenvalue weighted by Gasteiger charge is 2.36. The van der Waals surface area contributed by atoms with Gasteiger partial charge in [0.1, 0.15) is 5.82 Å². The highest BCUT2D eigenvalue weighted by Crippen LogP contribution is 2.37. The summed E-state index contributed by atoms with van der Waals surface area (Å²) in [6.45, 7) is 1.95. The van der Waals surface area contributed by atoms with Gasteiger partial charge < -0.3 is 9.84 Å². The molecule has 6 heteroatoms. The lowest BCUT2D eigenvalue weighted by Crippen LogP contribution is -2.17. The second-order valence-electron chi connectivity index (χ2n) is 4.43. The van der Waals surface area contributed by atoms with Crippen LogP contribution in [0.2, 0.25) is 0 Å². The van der Waals surface area contributed by atoms with Crippen LogP contribution in [0.25, 0.3) is 0 Å². The molecule has 2 unspecified atom stereocenters. The lowest BCUT2D eigenvalue weighted by atomic mass is 9.91. The van der Waals surface area contributed by atoms with E-state index in [-0.39, 0.29) is 5.56 Å². The Morgan fingerprint density at radius 1 is 1.32 bits per heavy atom. The Labute approximate surface area is 109 Å². The van der Waals surface area contributed by atoms with Gasteiger partial charge in [-0.3, -0.25) is 0 Å². The summed E-state index contributed by atoms with van der Waals surface area (Å²) in [5.74, 6) is -1.40. The van der Waals surface area contributed by atoms with E-state index in [1.807, 2.05) is 0 Å². The van der Waals surface area contributed by atoms with E-state index in [1.165, 1.54) is 7.11 Å². The van der Waals surface area contributed by atoms with E-state index in [0.717, 1.165) is 12.1 Å². The molecule has 1 N–H and O–H groups in total. The van der Waals surface area contributed by atoms with Crippen LogP contribution in [0.4, 0.5) is 17.6 Å². The molecule has 1 aromatic rings. The predicted octanol–water partition coefficient (Wildman–Crippen LogP) is 3.55. The van der Waals surface area contributed by atoms with Crippen LogP contribution in [0.1, 0.15) is 30.6 Å². The molecule has 19 heavy (non-hydrogen) atoms. The number of rotatable bonds is 5. The summed E-state index contributed by atoms with van der Waals surface area (Å²) in [5, 5.41) is 9.97. The number of halogens is 4. The standard InChI is InChI=1S/C13H16F4O2/c1-8(5-6-19-2)12(18)10-4-3-9(14)7-11(10)13(15,16)17/h3-4,7-8,12,18H,5-6H2,1-2H3. The topological polar surface area (TPSA) is 29.5 Å². The lowest BCUT2D eigenvalue weighted by molar-refractivity contribution is -0.139. The molecular formula is C13H16F4O2. The first-order valence-electron chi connectivity index (χ1n) is 5.81. The third-order valence-electron chi connectivity index (χ3n) is 2.96. The van der Waals surface area contributed by atoms with Gasteiger partial charge in [0.25, 0.3) is 0 Å². The largest absolute Gasteiger partial charge is 0.416 e. The average molecular weight is 280 g/mol. The summed E-state index contributed by atoms with van der Waals surface area (Å²) in [6, 6.07) is 2.30. The molecule has 0 bridgehead atoms. The summed E-state index contributed by atoms with van der Waals surface area (Å²) >= 11 is 0. The molecular weight excluding hydrogens is 264 g/mol. The van der Waals surface area contributed by atoms with Crippen LogP contribution in [0.3, 0.4) is 0 Å². The van der Waals surface area contributed by atoms with Crippen LogP contribution in [-0.2, 0) is 10.9 Å². The summed E-state index contributed by atoms with van der Waals surface area (Å²) in [4.78, 5) is 0. The minimum Gasteiger partial charge on any atom is -0.388 e. The average Bonchev–Trinajstić information content (AvgIpc) is 2.34. The number of alkyl halides is 3. The van der Waals surface area contributed by atoms with E-state index in [4.69, 9.17) is 4.74 Å². The van der Waals surface area contributed by atoms with Gasteiger partial charge in [-0.2, -0.15) is 13.2 Å². The molecule has 1 rings (SSSR count). The number of hydrogen-bond acceptors (Lipinski definition) is 2. The van der Waals surface area contributed by atoms with Crippen molar-refractivity contribution in [1.82, 2.24) is 0 Å².